The molecule has 2 aromatic carbocycles. The van der Waals surface area contributed by atoms with Crippen LogP contribution in [0.15, 0.2) is 59.6 Å². The van der Waals surface area contributed by atoms with E-state index < -0.39 is 0 Å². The van der Waals surface area contributed by atoms with Crippen molar-refractivity contribution in [3.63, 3.8) is 0 Å². The highest BCUT2D eigenvalue weighted by molar-refractivity contribution is 7.99. The summed E-state index contributed by atoms with van der Waals surface area (Å²) in [5, 5.41) is 4.88. The largest absolute Gasteiger partial charge is 0.497 e. The number of fused-ring (bicyclic) bond motifs is 1. The molecule has 3 rings (SSSR count). The first-order valence-corrected chi connectivity index (χ1v) is 10.5. The Morgan fingerprint density at radius 2 is 1.93 bits per heavy atom. The number of amides is 1. The maximum atomic E-state index is 12.1. The number of ether oxygens (including phenoxy) is 1. The Kier molecular flexibility index (Phi) is 6.93. The Labute approximate surface area is 170 Å². The summed E-state index contributed by atoms with van der Waals surface area (Å²) in [6, 6.07) is 18.2. The normalized spacial score (nSPS) is 11.0. The highest BCUT2D eigenvalue weighted by Crippen LogP contribution is 2.33. The molecule has 3 aromatic rings. The number of pyridine rings is 1. The van der Waals surface area contributed by atoms with Gasteiger partial charge in [0, 0.05) is 18.0 Å². The summed E-state index contributed by atoms with van der Waals surface area (Å²) in [6.07, 6.45) is 0.989. The summed E-state index contributed by atoms with van der Waals surface area (Å²) in [6.45, 7) is 5.02. The van der Waals surface area contributed by atoms with Gasteiger partial charge in [-0.3, -0.25) is 4.79 Å². The molecule has 0 saturated carbocycles. The molecule has 0 aliphatic carbocycles. The van der Waals surface area contributed by atoms with Gasteiger partial charge in [-0.05, 0) is 41.7 Å². The third-order valence-corrected chi connectivity index (χ3v) is 5.38. The van der Waals surface area contributed by atoms with Gasteiger partial charge in [-0.15, -0.1) is 0 Å². The second kappa shape index (κ2) is 9.60. The van der Waals surface area contributed by atoms with Crippen LogP contribution in [0.2, 0.25) is 0 Å². The number of aromatic nitrogens is 1. The monoisotopic (exact) mass is 394 g/mol. The van der Waals surface area contributed by atoms with Crippen molar-refractivity contribution in [2.45, 2.75) is 25.3 Å². The summed E-state index contributed by atoms with van der Waals surface area (Å²) in [7, 11) is 1.65. The van der Waals surface area contributed by atoms with E-state index in [1.807, 2.05) is 36.4 Å². The fourth-order valence-corrected chi connectivity index (χ4v) is 3.68. The lowest BCUT2D eigenvalue weighted by molar-refractivity contribution is -0.118. The van der Waals surface area contributed by atoms with E-state index in [1.54, 1.807) is 7.11 Å². The zero-order chi connectivity index (χ0) is 19.9. The molecule has 0 radical (unpaired) electrons. The molecular weight excluding hydrogens is 368 g/mol. The maximum Gasteiger partial charge on any atom is 0.230 e. The van der Waals surface area contributed by atoms with Crippen molar-refractivity contribution in [1.82, 2.24) is 10.3 Å². The van der Waals surface area contributed by atoms with Crippen molar-refractivity contribution in [3.05, 3.63) is 54.6 Å². The van der Waals surface area contributed by atoms with Crippen molar-refractivity contribution in [2.24, 2.45) is 5.92 Å². The number of benzene rings is 2. The lowest BCUT2D eigenvalue weighted by Gasteiger charge is -2.11. The lowest BCUT2D eigenvalue weighted by atomic mass is 10.0. The number of hydrogen-bond donors (Lipinski definition) is 1. The molecular formula is C23H26N2O2S. The third-order valence-electron chi connectivity index (χ3n) is 4.47. The standard InChI is InChI=1S/C23H26N2O2S/c1-16(2)11-12-24-22(26)15-28-23-14-20(17-7-5-4-6-8-17)19-10-9-18(27-3)13-21(19)25-23/h4-10,13-14,16H,11-12,15H2,1-3H3,(H,24,26). The molecule has 0 aliphatic heterocycles. The van der Waals surface area contributed by atoms with Crippen molar-refractivity contribution >= 4 is 28.6 Å². The molecule has 0 atom stereocenters. The molecule has 28 heavy (non-hydrogen) atoms. The minimum Gasteiger partial charge on any atom is -0.497 e. The Hall–Kier alpha value is -2.53. The first kappa shape index (κ1) is 20.2. The highest BCUT2D eigenvalue weighted by Gasteiger charge is 2.11. The quantitative estimate of drug-likeness (QED) is 0.536. The lowest BCUT2D eigenvalue weighted by Crippen LogP contribution is -2.26. The van der Waals surface area contributed by atoms with Crippen LogP contribution < -0.4 is 10.1 Å². The predicted octanol–water partition coefficient (Wildman–Crippen LogP) is 5.16. The number of nitrogens with zero attached hydrogens (tertiary/aromatic N) is 1. The Morgan fingerprint density at radius 3 is 2.64 bits per heavy atom. The average Bonchev–Trinajstić information content (AvgIpc) is 2.71. The molecule has 0 aliphatic rings. The molecule has 0 unspecified atom stereocenters. The van der Waals surface area contributed by atoms with Crippen LogP contribution in [-0.4, -0.2) is 30.3 Å². The van der Waals surface area contributed by atoms with Crippen molar-refractivity contribution in [1.29, 1.82) is 0 Å². The fraction of sp³-hybridized carbons (Fsp3) is 0.304. The number of nitrogens with one attached hydrogen (secondary N) is 1. The fourth-order valence-electron chi connectivity index (χ4n) is 2.93. The van der Waals surface area contributed by atoms with Crippen LogP contribution in [0, 0.1) is 5.92 Å². The number of rotatable bonds is 8. The van der Waals surface area contributed by atoms with Gasteiger partial charge in [-0.2, -0.15) is 0 Å². The van der Waals surface area contributed by atoms with Crippen LogP contribution in [-0.2, 0) is 4.79 Å². The molecule has 5 heteroatoms. The van der Waals surface area contributed by atoms with Gasteiger partial charge in [0.15, 0.2) is 0 Å². The van der Waals surface area contributed by atoms with Crippen molar-refractivity contribution in [2.75, 3.05) is 19.4 Å². The molecule has 1 N–H and O–H groups in total. The van der Waals surface area contributed by atoms with Crippen LogP contribution in [0.25, 0.3) is 22.0 Å². The van der Waals surface area contributed by atoms with Gasteiger partial charge >= 0.3 is 0 Å². The first-order valence-electron chi connectivity index (χ1n) is 9.50. The Bertz CT molecular complexity index is 942. The first-order chi connectivity index (χ1) is 13.6. The molecule has 0 bridgehead atoms. The minimum absolute atomic E-state index is 0.0412. The zero-order valence-corrected chi connectivity index (χ0v) is 17.4. The number of thioether (sulfide) groups is 1. The molecule has 0 saturated heterocycles. The van der Waals surface area contributed by atoms with Gasteiger partial charge in [0.05, 0.1) is 23.4 Å². The zero-order valence-electron chi connectivity index (χ0n) is 16.6. The number of carbonyl (C=O) groups is 1. The predicted molar refractivity (Wildman–Crippen MR) is 117 cm³/mol. The van der Waals surface area contributed by atoms with Crippen molar-refractivity contribution in [3.8, 4) is 16.9 Å². The molecule has 146 valence electrons. The molecule has 0 fully saturated rings. The Morgan fingerprint density at radius 1 is 1.14 bits per heavy atom. The van der Waals surface area contributed by atoms with Crippen LogP contribution in [0.4, 0.5) is 0 Å². The topological polar surface area (TPSA) is 51.2 Å². The van der Waals surface area contributed by atoms with Crippen molar-refractivity contribution < 1.29 is 9.53 Å². The van der Waals surface area contributed by atoms with Crippen LogP contribution in [0.5, 0.6) is 5.75 Å². The Balaban J connectivity index is 1.85. The number of carbonyl (C=O) groups excluding carboxylic acids is 1. The second-order valence-corrected chi connectivity index (χ2v) is 8.07. The summed E-state index contributed by atoms with van der Waals surface area (Å²) in [4.78, 5) is 16.9. The van der Waals surface area contributed by atoms with Crippen LogP contribution in [0.3, 0.4) is 0 Å². The van der Waals surface area contributed by atoms with Gasteiger partial charge in [0.25, 0.3) is 0 Å². The third kappa shape index (κ3) is 5.26. The number of methoxy groups -OCH3 is 1. The van der Waals surface area contributed by atoms with E-state index in [0.29, 0.717) is 18.2 Å². The highest BCUT2D eigenvalue weighted by atomic mass is 32.2. The van der Waals surface area contributed by atoms with Gasteiger partial charge in [0.2, 0.25) is 5.91 Å². The van der Waals surface area contributed by atoms with Gasteiger partial charge in [-0.25, -0.2) is 4.98 Å². The number of hydrogen-bond acceptors (Lipinski definition) is 4. The van der Waals surface area contributed by atoms with Gasteiger partial charge in [0.1, 0.15) is 5.75 Å². The van der Waals surface area contributed by atoms with Gasteiger partial charge in [-0.1, -0.05) is 55.9 Å². The molecule has 1 heterocycles. The van der Waals surface area contributed by atoms with E-state index in [1.165, 1.54) is 11.8 Å². The molecule has 4 nitrogen and oxygen atoms in total. The van der Waals surface area contributed by atoms with E-state index in [-0.39, 0.29) is 5.91 Å². The van der Waals surface area contributed by atoms with Crippen LogP contribution >= 0.6 is 11.8 Å². The molecule has 0 spiro atoms. The van der Waals surface area contributed by atoms with Crippen LogP contribution in [0.1, 0.15) is 20.3 Å². The van der Waals surface area contributed by atoms with E-state index in [0.717, 1.165) is 39.2 Å². The summed E-state index contributed by atoms with van der Waals surface area (Å²) >= 11 is 1.46. The minimum atomic E-state index is 0.0412. The summed E-state index contributed by atoms with van der Waals surface area (Å²) in [5.41, 5.74) is 3.10. The smallest absolute Gasteiger partial charge is 0.230 e. The van der Waals surface area contributed by atoms with Gasteiger partial charge < -0.3 is 10.1 Å². The van der Waals surface area contributed by atoms with E-state index in [4.69, 9.17) is 9.72 Å². The summed E-state index contributed by atoms with van der Waals surface area (Å²) in [5.74, 6) is 1.75. The second-order valence-electron chi connectivity index (χ2n) is 7.08. The van der Waals surface area contributed by atoms with E-state index in [2.05, 4.69) is 37.4 Å². The van der Waals surface area contributed by atoms with E-state index >= 15 is 0 Å². The molecule has 1 amide bonds. The average molecular weight is 395 g/mol. The maximum absolute atomic E-state index is 12.1. The molecule has 1 aromatic heterocycles. The summed E-state index contributed by atoms with van der Waals surface area (Å²) < 4.78 is 5.36. The SMILES string of the molecule is COc1ccc2c(-c3ccccc3)cc(SCC(=O)NCCC(C)C)nc2c1. The van der Waals surface area contributed by atoms with E-state index in [9.17, 15) is 4.79 Å².